The fourth-order valence-electron chi connectivity index (χ4n) is 2.75. The van der Waals surface area contributed by atoms with Crippen molar-refractivity contribution in [3.63, 3.8) is 0 Å². The van der Waals surface area contributed by atoms with Crippen LogP contribution in [0, 0.1) is 10.1 Å². The van der Waals surface area contributed by atoms with Gasteiger partial charge in [0.05, 0.1) is 4.92 Å². The summed E-state index contributed by atoms with van der Waals surface area (Å²) in [5, 5.41) is 15.0. The summed E-state index contributed by atoms with van der Waals surface area (Å²) in [6.07, 6.45) is 1.04. The van der Waals surface area contributed by atoms with Gasteiger partial charge in [0.1, 0.15) is 11.9 Å². The van der Waals surface area contributed by atoms with E-state index in [2.05, 4.69) is 35.6 Å². The van der Waals surface area contributed by atoms with Crippen molar-refractivity contribution in [1.29, 1.82) is 0 Å². The number of non-ortho nitro benzene ring substituents is 1. The molecule has 6 heteroatoms. The molecule has 0 amide bonds. The number of hydrogen-bond donors (Lipinski definition) is 0. The summed E-state index contributed by atoms with van der Waals surface area (Å²) in [5.41, 5.74) is 1.45. The minimum atomic E-state index is -0.405. The van der Waals surface area contributed by atoms with Crippen LogP contribution in [0.5, 0.6) is 5.75 Å². The lowest BCUT2D eigenvalue weighted by atomic mass is 10.1. The molecule has 5 nitrogen and oxygen atoms in total. The molecule has 0 saturated carbocycles. The Morgan fingerprint density at radius 3 is 2.50 bits per heavy atom. The van der Waals surface area contributed by atoms with Crippen LogP contribution in [0.15, 0.2) is 41.1 Å². The average Bonchev–Trinajstić information content (AvgIpc) is 3.06. The third kappa shape index (κ3) is 5.32. The lowest BCUT2D eigenvalue weighted by molar-refractivity contribution is -0.384. The third-order valence-corrected chi connectivity index (χ3v) is 4.75. The Morgan fingerprint density at radius 2 is 1.96 bits per heavy atom. The first kappa shape index (κ1) is 18.4. The van der Waals surface area contributed by atoms with Crippen LogP contribution in [0.3, 0.4) is 0 Å². The van der Waals surface area contributed by atoms with E-state index in [1.807, 2.05) is 6.92 Å². The van der Waals surface area contributed by atoms with Gasteiger partial charge >= 0.3 is 0 Å². The maximum Gasteiger partial charge on any atom is 0.269 e. The smallest absolute Gasteiger partial charge is 0.269 e. The molecule has 1 heterocycles. The highest BCUT2D eigenvalue weighted by atomic mass is 32.1. The van der Waals surface area contributed by atoms with Gasteiger partial charge < -0.3 is 4.74 Å². The number of rotatable bonds is 9. The van der Waals surface area contributed by atoms with Crippen molar-refractivity contribution in [1.82, 2.24) is 4.90 Å². The van der Waals surface area contributed by atoms with Gasteiger partial charge in [-0.3, -0.25) is 15.0 Å². The van der Waals surface area contributed by atoms with Gasteiger partial charge in [-0.15, -0.1) is 0 Å². The molecule has 2 atom stereocenters. The van der Waals surface area contributed by atoms with Crippen molar-refractivity contribution in [2.24, 2.45) is 0 Å². The van der Waals surface area contributed by atoms with E-state index >= 15 is 0 Å². The summed E-state index contributed by atoms with van der Waals surface area (Å²) in [4.78, 5) is 12.7. The Bertz CT molecular complexity index is 628. The van der Waals surface area contributed by atoms with E-state index in [1.165, 1.54) is 17.7 Å². The van der Waals surface area contributed by atoms with Crippen LogP contribution in [0.1, 0.15) is 26.3 Å². The number of nitrogens with zero attached hydrogens (tertiary/aromatic N) is 2. The van der Waals surface area contributed by atoms with E-state index < -0.39 is 4.92 Å². The van der Waals surface area contributed by atoms with Crippen LogP contribution in [0.25, 0.3) is 0 Å². The van der Waals surface area contributed by atoms with E-state index in [0.717, 1.165) is 19.5 Å². The first-order chi connectivity index (χ1) is 11.5. The second kappa shape index (κ2) is 8.80. The van der Waals surface area contributed by atoms with Crippen LogP contribution in [0.4, 0.5) is 5.69 Å². The second-order valence-electron chi connectivity index (χ2n) is 5.95. The van der Waals surface area contributed by atoms with Crippen molar-refractivity contribution in [2.75, 3.05) is 13.1 Å². The SMILES string of the molecule is CCN(CC(C)Oc1ccc([N+](=O)[O-])cc1)C(C)Cc1ccsc1. The molecule has 0 N–H and O–H groups in total. The van der Waals surface area contributed by atoms with Gasteiger partial charge in [-0.05, 0) is 61.3 Å². The highest BCUT2D eigenvalue weighted by molar-refractivity contribution is 7.07. The quantitative estimate of drug-likeness (QED) is 0.498. The first-order valence-corrected chi connectivity index (χ1v) is 9.10. The first-order valence-electron chi connectivity index (χ1n) is 8.15. The molecule has 0 fully saturated rings. The van der Waals surface area contributed by atoms with Gasteiger partial charge in [0.2, 0.25) is 0 Å². The lowest BCUT2D eigenvalue weighted by Crippen LogP contribution is -2.40. The normalized spacial score (nSPS) is 13.7. The summed E-state index contributed by atoms with van der Waals surface area (Å²) in [6.45, 7) is 8.20. The molecule has 1 aromatic heterocycles. The zero-order chi connectivity index (χ0) is 17.5. The van der Waals surface area contributed by atoms with E-state index in [9.17, 15) is 10.1 Å². The van der Waals surface area contributed by atoms with Crippen molar-refractivity contribution in [3.8, 4) is 5.75 Å². The summed E-state index contributed by atoms with van der Waals surface area (Å²) in [5.74, 6) is 0.662. The predicted octanol–water partition coefficient (Wildman–Crippen LogP) is 4.38. The molecule has 0 saturated heterocycles. The Kier molecular flexibility index (Phi) is 6.75. The molecular weight excluding hydrogens is 324 g/mol. The Labute approximate surface area is 147 Å². The molecule has 1 aromatic carbocycles. The molecule has 0 bridgehead atoms. The van der Waals surface area contributed by atoms with Crippen LogP contribution >= 0.6 is 11.3 Å². The van der Waals surface area contributed by atoms with E-state index in [0.29, 0.717) is 11.8 Å². The minimum Gasteiger partial charge on any atom is -0.489 e. The zero-order valence-electron chi connectivity index (χ0n) is 14.3. The lowest BCUT2D eigenvalue weighted by Gasteiger charge is -2.30. The van der Waals surface area contributed by atoms with E-state index in [-0.39, 0.29) is 11.8 Å². The molecule has 0 aliphatic carbocycles. The molecule has 2 rings (SSSR count). The molecule has 24 heavy (non-hydrogen) atoms. The number of thiophene rings is 1. The topological polar surface area (TPSA) is 55.6 Å². The van der Waals surface area contributed by atoms with Gasteiger partial charge in [0, 0.05) is 24.7 Å². The van der Waals surface area contributed by atoms with Crippen molar-refractivity contribution in [2.45, 2.75) is 39.3 Å². The van der Waals surface area contributed by atoms with Crippen LogP contribution < -0.4 is 4.74 Å². The molecule has 130 valence electrons. The van der Waals surface area contributed by atoms with E-state index in [4.69, 9.17) is 4.74 Å². The van der Waals surface area contributed by atoms with Gasteiger partial charge in [0.25, 0.3) is 5.69 Å². The number of ether oxygens (including phenoxy) is 1. The maximum absolute atomic E-state index is 10.7. The maximum atomic E-state index is 10.7. The summed E-state index contributed by atoms with van der Waals surface area (Å²) >= 11 is 1.73. The second-order valence-corrected chi connectivity index (χ2v) is 6.73. The summed E-state index contributed by atoms with van der Waals surface area (Å²) < 4.78 is 5.90. The average molecular weight is 348 g/mol. The van der Waals surface area contributed by atoms with Crippen molar-refractivity contribution in [3.05, 3.63) is 56.8 Å². The monoisotopic (exact) mass is 348 g/mol. The van der Waals surface area contributed by atoms with Gasteiger partial charge in [-0.1, -0.05) is 6.92 Å². The van der Waals surface area contributed by atoms with Crippen LogP contribution in [-0.2, 0) is 6.42 Å². The van der Waals surface area contributed by atoms with Crippen molar-refractivity contribution >= 4 is 17.0 Å². The Hall–Kier alpha value is -1.92. The molecule has 0 radical (unpaired) electrons. The van der Waals surface area contributed by atoms with Crippen molar-refractivity contribution < 1.29 is 9.66 Å². The Morgan fingerprint density at radius 1 is 1.25 bits per heavy atom. The molecule has 0 aliphatic rings. The predicted molar refractivity (Wildman–Crippen MR) is 97.9 cm³/mol. The fourth-order valence-corrected chi connectivity index (χ4v) is 3.43. The Balaban J connectivity index is 1.88. The standard InChI is InChI=1S/C18H24N2O3S/c1-4-19(14(2)11-16-9-10-24-13-16)12-15(3)23-18-7-5-17(6-8-18)20(21)22/h5-10,13-15H,4,11-12H2,1-3H3. The zero-order valence-corrected chi connectivity index (χ0v) is 15.2. The molecular formula is C18H24N2O3S. The van der Waals surface area contributed by atoms with Gasteiger partial charge in [-0.2, -0.15) is 11.3 Å². The minimum absolute atomic E-state index is 0.0105. The molecule has 2 aromatic rings. The van der Waals surface area contributed by atoms with Gasteiger partial charge in [0.15, 0.2) is 0 Å². The summed E-state index contributed by atoms with van der Waals surface area (Å²) in [6, 6.07) is 8.86. The molecule has 0 spiro atoms. The number of likely N-dealkylation sites (N-methyl/N-ethyl adjacent to an activating group) is 1. The third-order valence-electron chi connectivity index (χ3n) is 4.02. The summed E-state index contributed by atoms with van der Waals surface area (Å²) in [7, 11) is 0. The molecule has 2 unspecified atom stereocenters. The fraction of sp³-hybridized carbons (Fsp3) is 0.444. The largest absolute Gasteiger partial charge is 0.489 e. The van der Waals surface area contributed by atoms with E-state index in [1.54, 1.807) is 23.5 Å². The van der Waals surface area contributed by atoms with Crippen LogP contribution in [-0.4, -0.2) is 35.1 Å². The number of nitro groups is 1. The number of nitro benzene ring substituents is 1. The van der Waals surface area contributed by atoms with Crippen LogP contribution in [0.2, 0.25) is 0 Å². The highest BCUT2D eigenvalue weighted by Crippen LogP contribution is 2.19. The molecule has 0 aliphatic heterocycles. The number of hydrogen-bond acceptors (Lipinski definition) is 5. The number of benzene rings is 1. The van der Waals surface area contributed by atoms with Gasteiger partial charge in [-0.25, -0.2) is 0 Å². The highest BCUT2D eigenvalue weighted by Gasteiger charge is 2.17.